The van der Waals surface area contributed by atoms with Crippen LogP contribution in [0.25, 0.3) is 5.82 Å². The minimum absolute atomic E-state index is 0.0251. The van der Waals surface area contributed by atoms with E-state index in [-0.39, 0.29) is 11.9 Å². The maximum Gasteiger partial charge on any atom is 0.240 e. The van der Waals surface area contributed by atoms with Crippen LogP contribution in [-0.2, 0) is 14.3 Å². The van der Waals surface area contributed by atoms with Gasteiger partial charge in [-0.25, -0.2) is 14.1 Å². The van der Waals surface area contributed by atoms with Crippen molar-refractivity contribution in [2.75, 3.05) is 19.8 Å². The fourth-order valence-corrected chi connectivity index (χ4v) is 4.30. The van der Waals surface area contributed by atoms with Gasteiger partial charge in [-0.2, -0.15) is 5.10 Å². The van der Waals surface area contributed by atoms with Gasteiger partial charge < -0.3 is 20.1 Å². The van der Waals surface area contributed by atoms with Gasteiger partial charge in [0.1, 0.15) is 0 Å². The van der Waals surface area contributed by atoms with Crippen LogP contribution in [0.2, 0.25) is 0 Å². The van der Waals surface area contributed by atoms with Crippen molar-refractivity contribution in [3.05, 3.63) is 42.1 Å². The van der Waals surface area contributed by atoms with E-state index in [0.29, 0.717) is 51.3 Å². The first-order chi connectivity index (χ1) is 14.5. The lowest BCUT2D eigenvalue weighted by Crippen LogP contribution is -2.61. The largest absolute Gasteiger partial charge is 0.348 e. The third kappa shape index (κ3) is 4.10. The van der Waals surface area contributed by atoms with E-state index in [2.05, 4.69) is 20.7 Å². The van der Waals surface area contributed by atoms with Crippen LogP contribution in [0.3, 0.4) is 0 Å². The number of carbonyl (C=O) groups is 1. The van der Waals surface area contributed by atoms with Crippen molar-refractivity contribution < 1.29 is 18.7 Å². The molecule has 9 heteroatoms. The number of nitrogens with zero attached hydrogens (tertiary/aromatic N) is 3. The summed E-state index contributed by atoms with van der Waals surface area (Å²) in [5.41, 5.74) is 0.227. The maximum absolute atomic E-state index is 13.3. The van der Waals surface area contributed by atoms with Crippen molar-refractivity contribution in [1.82, 2.24) is 25.4 Å². The highest BCUT2D eigenvalue weighted by atomic mass is 19.1. The molecule has 0 radical (unpaired) electrons. The lowest BCUT2D eigenvalue weighted by Gasteiger charge is -2.43. The molecule has 1 atom stereocenters. The second-order valence-corrected chi connectivity index (χ2v) is 7.97. The van der Waals surface area contributed by atoms with Gasteiger partial charge in [0.15, 0.2) is 17.4 Å². The second kappa shape index (κ2) is 8.41. The summed E-state index contributed by atoms with van der Waals surface area (Å²) in [6.07, 6.45) is 6.77. The molecule has 0 aromatic carbocycles. The Hall–Kier alpha value is -2.36. The fraction of sp³-hybridized carbons (Fsp3) is 0.571. The molecule has 2 aromatic rings. The summed E-state index contributed by atoms with van der Waals surface area (Å²) in [6, 6.07) is 3.39. The van der Waals surface area contributed by atoms with Gasteiger partial charge in [-0.15, -0.1) is 0 Å². The van der Waals surface area contributed by atoms with Crippen molar-refractivity contribution in [1.29, 1.82) is 0 Å². The van der Waals surface area contributed by atoms with Crippen LogP contribution in [0, 0.1) is 5.82 Å². The maximum atomic E-state index is 13.3. The lowest BCUT2D eigenvalue weighted by molar-refractivity contribution is -0.187. The number of hydrogen-bond donors (Lipinski definition) is 2. The molecule has 4 rings (SSSR count). The number of rotatable bonds is 6. The average Bonchev–Trinajstić information content (AvgIpc) is 3.40. The van der Waals surface area contributed by atoms with Gasteiger partial charge in [-0.1, -0.05) is 13.0 Å². The Morgan fingerprint density at radius 3 is 2.53 bits per heavy atom. The SMILES string of the molecule is CCNC1(C(=O)NC(C)c2ccc(-n3cc(F)cn3)nc2)CCC2(CC1)OCCO2. The summed E-state index contributed by atoms with van der Waals surface area (Å²) in [6.45, 7) is 5.87. The molecule has 1 aliphatic carbocycles. The molecule has 2 N–H and O–H groups in total. The third-order valence-electron chi connectivity index (χ3n) is 6.03. The molecule has 30 heavy (non-hydrogen) atoms. The minimum atomic E-state index is -0.635. The Kier molecular flexibility index (Phi) is 5.86. The monoisotopic (exact) mass is 417 g/mol. The van der Waals surface area contributed by atoms with Gasteiger partial charge in [0, 0.05) is 19.0 Å². The number of halogens is 1. The third-order valence-corrected chi connectivity index (χ3v) is 6.03. The highest BCUT2D eigenvalue weighted by Gasteiger charge is 2.49. The number of hydrogen-bond acceptors (Lipinski definition) is 6. The smallest absolute Gasteiger partial charge is 0.240 e. The number of nitrogens with one attached hydrogen (secondary N) is 2. The topological polar surface area (TPSA) is 90.3 Å². The molecule has 1 unspecified atom stereocenters. The van der Waals surface area contributed by atoms with Gasteiger partial charge in [-0.3, -0.25) is 4.79 Å². The van der Waals surface area contributed by atoms with Crippen molar-refractivity contribution in [2.45, 2.75) is 56.9 Å². The molecule has 1 aliphatic heterocycles. The van der Waals surface area contributed by atoms with Crippen LogP contribution in [0.4, 0.5) is 4.39 Å². The highest BCUT2D eigenvalue weighted by molar-refractivity contribution is 5.86. The molecular weight excluding hydrogens is 389 g/mol. The summed E-state index contributed by atoms with van der Waals surface area (Å²) >= 11 is 0. The van der Waals surface area contributed by atoms with Crippen molar-refractivity contribution >= 4 is 5.91 Å². The van der Waals surface area contributed by atoms with Crippen LogP contribution in [0.1, 0.15) is 51.1 Å². The van der Waals surface area contributed by atoms with Gasteiger partial charge in [0.25, 0.3) is 0 Å². The van der Waals surface area contributed by atoms with E-state index in [9.17, 15) is 9.18 Å². The number of likely N-dealkylation sites (N-methyl/N-ethyl adjacent to an activating group) is 1. The normalized spacial score (nSPS) is 20.9. The number of aromatic nitrogens is 3. The zero-order chi connectivity index (χ0) is 21.2. The Labute approximate surface area is 175 Å². The molecule has 2 fully saturated rings. The molecule has 2 aromatic heterocycles. The molecule has 1 spiro atoms. The first-order valence-electron chi connectivity index (χ1n) is 10.5. The van der Waals surface area contributed by atoms with Crippen molar-refractivity contribution in [3.8, 4) is 5.82 Å². The van der Waals surface area contributed by atoms with E-state index >= 15 is 0 Å². The van der Waals surface area contributed by atoms with Gasteiger partial charge >= 0.3 is 0 Å². The standard InChI is InChI=1S/C21H28FN5O3/c1-3-24-20(6-8-21(9-7-20)29-10-11-30-21)19(28)26-15(2)16-4-5-18(23-12-16)27-14-17(22)13-25-27/h4-5,12-15,24H,3,6-11H2,1-2H3,(H,26,28). The zero-order valence-electron chi connectivity index (χ0n) is 17.4. The zero-order valence-corrected chi connectivity index (χ0v) is 17.4. The number of amides is 1. The van der Waals surface area contributed by atoms with Crippen molar-refractivity contribution in [2.24, 2.45) is 0 Å². The van der Waals surface area contributed by atoms with Crippen LogP contribution in [0.5, 0.6) is 0 Å². The van der Waals surface area contributed by atoms with Gasteiger partial charge in [-0.05, 0) is 37.9 Å². The molecule has 8 nitrogen and oxygen atoms in total. The van der Waals surface area contributed by atoms with Gasteiger partial charge in [0.05, 0.1) is 37.2 Å². The van der Waals surface area contributed by atoms with E-state index in [1.807, 2.05) is 19.9 Å². The molecule has 0 bridgehead atoms. The van der Waals surface area contributed by atoms with E-state index < -0.39 is 17.1 Å². The van der Waals surface area contributed by atoms with Gasteiger partial charge in [0.2, 0.25) is 5.91 Å². The Bertz CT molecular complexity index is 869. The van der Waals surface area contributed by atoms with Crippen molar-refractivity contribution in [3.63, 3.8) is 0 Å². The Morgan fingerprint density at radius 2 is 1.97 bits per heavy atom. The quantitative estimate of drug-likeness (QED) is 0.749. The number of ether oxygens (including phenoxy) is 2. The molecule has 1 saturated heterocycles. The number of carbonyl (C=O) groups excluding carboxylic acids is 1. The Balaban J connectivity index is 1.42. The summed E-state index contributed by atoms with van der Waals surface area (Å²) in [5, 5.41) is 10.4. The fourth-order valence-electron chi connectivity index (χ4n) is 4.30. The lowest BCUT2D eigenvalue weighted by atomic mass is 9.77. The van der Waals surface area contributed by atoms with Crippen LogP contribution in [0.15, 0.2) is 30.7 Å². The molecule has 3 heterocycles. The molecule has 1 saturated carbocycles. The average molecular weight is 417 g/mol. The van der Waals surface area contributed by atoms with Crippen LogP contribution < -0.4 is 10.6 Å². The first kappa shape index (κ1) is 20.9. The predicted octanol–water partition coefficient (Wildman–Crippen LogP) is 2.25. The minimum Gasteiger partial charge on any atom is -0.348 e. The van der Waals surface area contributed by atoms with Crippen LogP contribution >= 0.6 is 0 Å². The predicted molar refractivity (Wildman–Crippen MR) is 107 cm³/mol. The summed E-state index contributed by atoms with van der Waals surface area (Å²) < 4.78 is 26.1. The van der Waals surface area contributed by atoms with E-state index in [0.717, 1.165) is 11.8 Å². The second-order valence-electron chi connectivity index (χ2n) is 7.97. The molecule has 2 aliphatic rings. The Morgan fingerprint density at radius 1 is 1.23 bits per heavy atom. The molecular formula is C21H28FN5O3. The van der Waals surface area contributed by atoms with E-state index in [4.69, 9.17) is 9.47 Å². The summed E-state index contributed by atoms with van der Waals surface area (Å²) in [7, 11) is 0. The molecule has 1 amide bonds. The summed E-state index contributed by atoms with van der Waals surface area (Å²) in [4.78, 5) is 17.6. The first-order valence-corrected chi connectivity index (χ1v) is 10.5. The van der Waals surface area contributed by atoms with E-state index in [1.165, 1.54) is 10.9 Å². The summed E-state index contributed by atoms with van der Waals surface area (Å²) in [5.74, 6) is -0.448. The molecule has 162 valence electrons. The van der Waals surface area contributed by atoms with Crippen LogP contribution in [-0.4, -0.2) is 51.8 Å². The van der Waals surface area contributed by atoms with E-state index in [1.54, 1.807) is 12.3 Å². The number of pyridine rings is 1. The highest BCUT2D eigenvalue weighted by Crippen LogP contribution is 2.40.